The van der Waals surface area contributed by atoms with Gasteiger partial charge in [-0.05, 0) is 26.0 Å². The zero-order chi connectivity index (χ0) is 17.1. The molecular weight excluding hydrogens is 296 g/mol. The van der Waals surface area contributed by atoms with Crippen LogP contribution in [-0.4, -0.2) is 42.0 Å². The van der Waals surface area contributed by atoms with Crippen LogP contribution in [0.3, 0.4) is 0 Å². The van der Waals surface area contributed by atoms with E-state index in [-0.39, 0.29) is 11.9 Å². The van der Waals surface area contributed by atoms with Crippen molar-refractivity contribution in [1.82, 2.24) is 10.1 Å². The van der Waals surface area contributed by atoms with Crippen LogP contribution in [0.5, 0.6) is 5.75 Å². The summed E-state index contributed by atoms with van der Waals surface area (Å²) in [5.41, 5.74) is 7.03. The van der Waals surface area contributed by atoms with E-state index in [0.717, 1.165) is 0 Å². The Labute approximate surface area is 134 Å². The number of hydrogen-bond acceptors (Lipinski definition) is 5. The predicted molar refractivity (Wildman–Crippen MR) is 86.7 cm³/mol. The summed E-state index contributed by atoms with van der Waals surface area (Å²) in [6.07, 6.45) is -0.0555. The van der Waals surface area contributed by atoms with E-state index in [4.69, 9.17) is 20.4 Å². The lowest BCUT2D eigenvalue weighted by Gasteiger charge is -2.17. The summed E-state index contributed by atoms with van der Waals surface area (Å²) in [5, 5.41) is 11.9. The molecule has 7 heteroatoms. The second-order valence-electron chi connectivity index (χ2n) is 5.56. The van der Waals surface area contributed by atoms with Gasteiger partial charge in [0.2, 0.25) is 5.76 Å². The number of amidine groups is 1. The van der Waals surface area contributed by atoms with Crippen molar-refractivity contribution in [3.8, 4) is 17.0 Å². The molecule has 2 rings (SSSR count). The van der Waals surface area contributed by atoms with Crippen molar-refractivity contribution in [2.75, 3.05) is 14.1 Å². The molecule has 0 radical (unpaired) electrons. The van der Waals surface area contributed by atoms with Gasteiger partial charge in [-0.1, -0.05) is 11.2 Å². The molecule has 0 bridgehead atoms. The third-order valence-electron chi connectivity index (χ3n) is 3.09. The molecule has 1 aromatic heterocycles. The summed E-state index contributed by atoms with van der Waals surface area (Å²) in [5.74, 6) is 0.234. The summed E-state index contributed by atoms with van der Waals surface area (Å²) in [4.78, 5) is 12.9. The van der Waals surface area contributed by atoms with Crippen LogP contribution in [-0.2, 0) is 0 Å². The lowest BCUT2D eigenvalue weighted by atomic mass is 10.1. The largest absolute Gasteiger partial charge is 0.490 e. The monoisotopic (exact) mass is 316 g/mol. The molecule has 7 nitrogen and oxygen atoms in total. The minimum Gasteiger partial charge on any atom is -0.490 e. The molecule has 0 aliphatic heterocycles. The van der Waals surface area contributed by atoms with Gasteiger partial charge in [-0.15, -0.1) is 0 Å². The number of nitrogens with two attached hydrogens (primary N) is 1. The minimum atomic E-state index is -0.680. The molecule has 0 aliphatic rings. The van der Waals surface area contributed by atoms with Gasteiger partial charge in [0, 0.05) is 31.3 Å². The average Bonchev–Trinajstić information content (AvgIpc) is 2.95. The van der Waals surface area contributed by atoms with Gasteiger partial charge in [0.15, 0.2) is 0 Å². The Bertz CT molecular complexity index is 735. The normalized spacial score (nSPS) is 10.7. The highest BCUT2D eigenvalue weighted by Crippen LogP contribution is 2.31. The van der Waals surface area contributed by atoms with E-state index in [2.05, 4.69) is 5.16 Å². The summed E-state index contributed by atoms with van der Waals surface area (Å²) < 4.78 is 10.8. The Kier molecular flexibility index (Phi) is 4.68. The molecule has 1 heterocycles. The summed E-state index contributed by atoms with van der Waals surface area (Å²) in [6.45, 7) is 3.82. The fourth-order valence-corrected chi connectivity index (χ4v) is 2.01. The fraction of sp³-hybridized carbons (Fsp3) is 0.312. The van der Waals surface area contributed by atoms with E-state index in [1.165, 1.54) is 6.07 Å². The van der Waals surface area contributed by atoms with Crippen molar-refractivity contribution < 1.29 is 14.1 Å². The number of carbonyl (C=O) groups is 1. The Morgan fingerprint density at radius 2 is 2.04 bits per heavy atom. The lowest BCUT2D eigenvalue weighted by molar-refractivity contribution is 0.0965. The number of rotatable bonds is 5. The highest BCUT2D eigenvalue weighted by Gasteiger charge is 2.17. The predicted octanol–water partition coefficient (Wildman–Crippen LogP) is 2.11. The molecule has 0 saturated heterocycles. The zero-order valence-electron chi connectivity index (χ0n) is 13.6. The van der Waals surface area contributed by atoms with E-state index in [0.29, 0.717) is 28.4 Å². The van der Waals surface area contributed by atoms with E-state index >= 15 is 0 Å². The van der Waals surface area contributed by atoms with Crippen molar-refractivity contribution in [3.63, 3.8) is 0 Å². The van der Waals surface area contributed by atoms with E-state index in [1.807, 2.05) is 13.8 Å². The molecule has 122 valence electrons. The highest BCUT2D eigenvalue weighted by molar-refractivity contribution is 5.97. The van der Waals surface area contributed by atoms with Gasteiger partial charge in [-0.2, -0.15) is 0 Å². The molecular formula is C16H20N4O3. The summed E-state index contributed by atoms with van der Waals surface area (Å²) in [7, 11) is 3.60. The van der Waals surface area contributed by atoms with Gasteiger partial charge in [0.1, 0.15) is 17.3 Å². The van der Waals surface area contributed by atoms with Gasteiger partial charge >= 0.3 is 0 Å². The minimum absolute atomic E-state index is 0.0133. The van der Waals surface area contributed by atoms with Crippen molar-refractivity contribution in [2.24, 2.45) is 5.73 Å². The standard InChI is InChI=1S/C16H20N4O3/c1-9(2)22-13-7-10(15(17)20(3)4)5-6-11(13)12-8-14(16(18)21)23-19-12/h5-9,17H,1-4H3,(H2,18,21). The zero-order valence-corrected chi connectivity index (χ0v) is 13.6. The van der Waals surface area contributed by atoms with Crippen LogP contribution in [0.15, 0.2) is 28.8 Å². The first-order valence-corrected chi connectivity index (χ1v) is 7.13. The molecule has 0 unspecified atom stereocenters. The number of hydrogen-bond donors (Lipinski definition) is 2. The Morgan fingerprint density at radius 3 is 2.57 bits per heavy atom. The number of carbonyl (C=O) groups excluding carboxylic acids is 1. The number of amides is 1. The topological polar surface area (TPSA) is 105 Å². The van der Waals surface area contributed by atoms with Crippen LogP contribution in [0.25, 0.3) is 11.3 Å². The van der Waals surface area contributed by atoms with Gasteiger partial charge in [-0.25, -0.2) is 0 Å². The highest BCUT2D eigenvalue weighted by atomic mass is 16.5. The smallest absolute Gasteiger partial charge is 0.287 e. The lowest BCUT2D eigenvalue weighted by Crippen LogP contribution is -2.21. The first-order valence-electron chi connectivity index (χ1n) is 7.13. The molecule has 0 fully saturated rings. The molecule has 1 amide bonds. The molecule has 2 aromatic rings. The van der Waals surface area contributed by atoms with Gasteiger partial charge in [0.05, 0.1) is 6.10 Å². The number of nitrogens with one attached hydrogen (secondary N) is 1. The van der Waals surface area contributed by atoms with Crippen molar-refractivity contribution in [1.29, 1.82) is 5.41 Å². The molecule has 0 spiro atoms. The van der Waals surface area contributed by atoms with Gasteiger partial charge in [0.25, 0.3) is 5.91 Å². The van der Waals surface area contributed by atoms with E-state index in [9.17, 15) is 4.79 Å². The maximum absolute atomic E-state index is 11.2. The number of nitrogens with zero attached hydrogens (tertiary/aromatic N) is 2. The molecule has 0 atom stereocenters. The van der Waals surface area contributed by atoms with Gasteiger partial charge < -0.3 is 19.9 Å². The van der Waals surface area contributed by atoms with E-state index in [1.54, 1.807) is 37.2 Å². The third kappa shape index (κ3) is 3.68. The maximum atomic E-state index is 11.2. The molecule has 3 N–H and O–H groups in total. The first kappa shape index (κ1) is 16.5. The Balaban J connectivity index is 2.49. The molecule has 0 saturated carbocycles. The Morgan fingerprint density at radius 1 is 1.35 bits per heavy atom. The van der Waals surface area contributed by atoms with Crippen LogP contribution < -0.4 is 10.5 Å². The van der Waals surface area contributed by atoms with Crippen LogP contribution in [0.1, 0.15) is 30.0 Å². The quantitative estimate of drug-likeness (QED) is 0.649. The SMILES string of the molecule is CC(C)Oc1cc(C(=N)N(C)C)ccc1-c1cc(C(N)=O)on1. The van der Waals surface area contributed by atoms with Crippen molar-refractivity contribution in [2.45, 2.75) is 20.0 Å². The number of ether oxygens (including phenoxy) is 1. The number of benzene rings is 1. The second kappa shape index (κ2) is 6.51. The number of aromatic nitrogens is 1. The van der Waals surface area contributed by atoms with Crippen LogP contribution >= 0.6 is 0 Å². The maximum Gasteiger partial charge on any atom is 0.287 e. The van der Waals surface area contributed by atoms with Crippen LogP contribution in [0, 0.1) is 5.41 Å². The van der Waals surface area contributed by atoms with Crippen LogP contribution in [0.2, 0.25) is 0 Å². The van der Waals surface area contributed by atoms with E-state index < -0.39 is 5.91 Å². The van der Waals surface area contributed by atoms with Crippen molar-refractivity contribution in [3.05, 3.63) is 35.6 Å². The summed E-state index contributed by atoms with van der Waals surface area (Å²) >= 11 is 0. The fourth-order valence-electron chi connectivity index (χ4n) is 2.01. The second-order valence-corrected chi connectivity index (χ2v) is 5.56. The summed E-state index contributed by atoms with van der Waals surface area (Å²) in [6, 6.07) is 6.83. The first-order chi connectivity index (χ1) is 10.8. The van der Waals surface area contributed by atoms with Crippen molar-refractivity contribution >= 4 is 11.7 Å². The Hall–Kier alpha value is -2.83. The molecule has 23 heavy (non-hydrogen) atoms. The number of primary amides is 1. The third-order valence-corrected chi connectivity index (χ3v) is 3.09. The van der Waals surface area contributed by atoms with Gasteiger partial charge in [-0.3, -0.25) is 10.2 Å². The van der Waals surface area contributed by atoms with Crippen LogP contribution in [0.4, 0.5) is 0 Å². The molecule has 0 aliphatic carbocycles. The molecule has 1 aromatic carbocycles. The average molecular weight is 316 g/mol.